The third-order valence-electron chi connectivity index (χ3n) is 4.09. The summed E-state index contributed by atoms with van der Waals surface area (Å²) in [6.45, 7) is 2.02. The zero-order valence-electron chi connectivity index (χ0n) is 14.2. The fourth-order valence-corrected chi connectivity index (χ4v) is 5.40. The molecule has 0 unspecified atom stereocenters. The quantitative estimate of drug-likeness (QED) is 0.681. The Morgan fingerprint density at radius 1 is 1.16 bits per heavy atom. The Morgan fingerprint density at radius 3 is 2.72 bits per heavy atom. The van der Waals surface area contributed by atoms with Crippen molar-refractivity contribution in [3.63, 3.8) is 0 Å². The number of anilines is 1. The third kappa shape index (κ3) is 5.68. The molecule has 3 rings (SSSR count). The zero-order valence-corrected chi connectivity index (χ0v) is 15.8. The molecule has 0 bridgehead atoms. The van der Waals surface area contributed by atoms with E-state index in [1.54, 1.807) is 27.8 Å². The minimum Gasteiger partial charge on any atom is -0.445 e. The number of aromatic nitrogens is 1. The summed E-state index contributed by atoms with van der Waals surface area (Å²) in [5, 5.41) is 4.10. The molecular formula is C19H22N2O2S2. The van der Waals surface area contributed by atoms with Crippen LogP contribution in [0.15, 0.2) is 53.7 Å². The predicted molar refractivity (Wildman–Crippen MR) is 105 cm³/mol. The smallest absolute Gasteiger partial charge is 0.411 e. The molecule has 1 N–H and O–H groups in total. The molecule has 0 saturated heterocycles. The van der Waals surface area contributed by atoms with Gasteiger partial charge < -0.3 is 4.74 Å². The molecule has 0 aliphatic heterocycles. The summed E-state index contributed by atoms with van der Waals surface area (Å²) in [5.41, 5.74) is 1.92. The van der Waals surface area contributed by atoms with Gasteiger partial charge in [0.25, 0.3) is 0 Å². The van der Waals surface area contributed by atoms with Gasteiger partial charge in [-0.25, -0.2) is 9.78 Å². The zero-order chi connectivity index (χ0) is 17.5. The van der Waals surface area contributed by atoms with Crippen LogP contribution in [0, 0.1) is 6.92 Å². The van der Waals surface area contributed by atoms with Gasteiger partial charge in [0.2, 0.25) is 0 Å². The SMILES string of the molecule is Cc1ccc(NC(=O)O[C@@H]2CCCC[C@H]2SSc2ccccn2)cc1. The van der Waals surface area contributed by atoms with Gasteiger partial charge in [0.15, 0.2) is 0 Å². The molecule has 1 heterocycles. The number of benzene rings is 1. The van der Waals surface area contributed by atoms with Gasteiger partial charge in [-0.15, -0.1) is 0 Å². The van der Waals surface area contributed by atoms with E-state index in [2.05, 4.69) is 10.3 Å². The topological polar surface area (TPSA) is 51.2 Å². The van der Waals surface area contributed by atoms with Crippen LogP contribution >= 0.6 is 21.6 Å². The van der Waals surface area contributed by atoms with Crippen LogP contribution in [0.25, 0.3) is 0 Å². The number of aryl methyl sites for hydroxylation is 1. The van der Waals surface area contributed by atoms with Gasteiger partial charge in [0.1, 0.15) is 11.1 Å². The van der Waals surface area contributed by atoms with Crippen LogP contribution in [0.1, 0.15) is 31.2 Å². The lowest BCUT2D eigenvalue weighted by atomic mass is 9.97. The second-order valence-electron chi connectivity index (χ2n) is 6.11. The van der Waals surface area contributed by atoms with E-state index in [9.17, 15) is 4.79 Å². The van der Waals surface area contributed by atoms with Crippen LogP contribution in [-0.2, 0) is 4.74 Å². The number of pyridine rings is 1. The minimum atomic E-state index is -0.371. The van der Waals surface area contributed by atoms with Gasteiger partial charge in [0, 0.05) is 11.9 Å². The first kappa shape index (κ1) is 18.1. The van der Waals surface area contributed by atoms with Gasteiger partial charge in [-0.2, -0.15) is 0 Å². The van der Waals surface area contributed by atoms with Gasteiger partial charge in [0.05, 0.1) is 5.25 Å². The van der Waals surface area contributed by atoms with Crippen molar-refractivity contribution in [1.29, 1.82) is 0 Å². The summed E-state index contributed by atoms with van der Waals surface area (Å²) in [7, 11) is 3.42. The normalized spacial score (nSPS) is 20.0. The maximum absolute atomic E-state index is 12.2. The molecule has 1 aromatic heterocycles. The van der Waals surface area contributed by atoms with Crippen molar-refractivity contribution < 1.29 is 9.53 Å². The lowest BCUT2D eigenvalue weighted by Gasteiger charge is -2.30. The van der Waals surface area contributed by atoms with E-state index < -0.39 is 0 Å². The number of carbonyl (C=O) groups excluding carboxylic acids is 1. The number of nitrogens with zero attached hydrogens (tertiary/aromatic N) is 1. The molecule has 2 atom stereocenters. The average Bonchev–Trinajstić information content (AvgIpc) is 2.64. The highest BCUT2D eigenvalue weighted by atomic mass is 33.1. The van der Waals surface area contributed by atoms with Crippen molar-refractivity contribution in [3.05, 3.63) is 54.2 Å². The summed E-state index contributed by atoms with van der Waals surface area (Å²) in [6, 6.07) is 13.6. The second kappa shape index (κ2) is 9.15. The van der Waals surface area contributed by atoms with E-state index >= 15 is 0 Å². The van der Waals surface area contributed by atoms with Crippen molar-refractivity contribution in [2.24, 2.45) is 0 Å². The molecule has 0 spiro atoms. The molecule has 0 radical (unpaired) electrons. The van der Waals surface area contributed by atoms with Crippen molar-refractivity contribution in [2.45, 2.75) is 49.0 Å². The Bertz CT molecular complexity index is 680. The van der Waals surface area contributed by atoms with Gasteiger partial charge in [-0.3, -0.25) is 5.32 Å². The second-order valence-corrected chi connectivity index (χ2v) is 8.57. The lowest BCUT2D eigenvalue weighted by molar-refractivity contribution is 0.0909. The van der Waals surface area contributed by atoms with E-state index in [4.69, 9.17) is 4.74 Å². The average molecular weight is 375 g/mol. The Hall–Kier alpha value is -1.66. The van der Waals surface area contributed by atoms with E-state index in [1.165, 1.54) is 6.42 Å². The molecular weight excluding hydrogens is 352 g/mol. The summed E-state index contributed by atoms with van der Waals surface area (Å²) in [6.07, 6.45) is 5.64. The van der Waals surface area contributed by atoms with Gasteiger partial charge in [-0.1, -0.05) is 41.0 Å². The van der Waals surface area contributed by atoms with E-state index in [0.29, 0.717) is 5.25 Å². The number of hydrogen-bond donors (Lipinski definition) is 1. The lowest BCUT2D eigenvalue weighted by Crippen LogP contribution is -2.33. The minimum absolute atomic E-state index is 0.0552. The van der Waals surface area contributed by atoms with Crippen molar-refractivity contribution in [3.8, 4) is 0 Å². The molecule has 25 heavy (non-hydrogen) atoms. The first-order valence-corrected chi connectivity index (χ1v) is 10.7. The number of rotatable bonds is 5. The van der Waals surface area contributed by atoms with Crippen LogP contribution in [-0.4, -0.2) is 22.4 Å². The van der Waals surface area contributed by atoms with Crippen LogP contribution in [0.5, 0.6) is 0 Å². The standard InChI is InChI=1S/C19H22N2O2S2/c1-14-9-11-15(12-10-14)21-19(22)23-16-6-2-3-7-17(16)24-25-18-8-4-5-13-20-18/h4-5,8-13,16-17H,2-3,6-7H2,1H3,(H,21,22)/t16-,17-/m1/s1. The Morgan fingerprint density at radius 2 is 1.96 bits per heavy atom. The number of nitrogens with one attached hydrogen (secondary N) is 1. The van der Waals surface area contributed by atoms with Crippen LogP contribution in [0.2, 0.25) is 0 Å². The molecule has 1 aliphatic carbocycles. The monoisotopic (exact) mass is 374 g/mol. The highest BCUT2D eigenvalue weighted by Gasteiger charge is 2.29. The Kier molecular flexibility index (Phi) is 6.64. The van der Waals surface area contributed by atoms with Gasteiger partial charge >= 0.3 is 6.09 Å². The highest BCUT2D eigenvalue weighted by molar-refractivity contribution is 8.76. The molecule has 4 nitrogen and oxygen atoms in total. The number of hydrogen-bond acceptors (Lipinski definition) is 5. The molecule has 1 saturated carbocycles. The summed E-state index contributed by atoms with van der Waals surface area (Å²) in [4.78, 5) is 16.6. The van der Waals surface area contributed by atoms with E-state index in [1.807, 2.05) is 49.4 Å². The molecule has 1 aromatic carbocycles. The number of carbonyl (C=O) groups is 1. The molecule has 6 heteroatoms. The fourth-order valence-electron chi connectivity index (χ4n) is 2.74. The Labute approximate surface area is 156 Å². The highest BCUT2D eigenvalue weighted by Crippen LogP contribution is 2.40. The molecule has 132 valence electrons. The molecule has 1 fully saturated rings. The number of amides is 1. The largest absolute Gasteiger partial charge is 0.445 e. The van der Waals surface area contributed by atoms with Crippen LogP contribution in [0.3, 0.4) is 0 Å². The maximum atomic E-state index is 12.2. The number of ether oxygens (including phenoxy) is 1. The summed E-state index contributed by atoms with van der Waals surface area (Å²) >= 11 is 0. The first-order chi connectivity index (χ1) is 12.2. The third-order valence-corrected chi connectivity index (χ3v) is 6.93. The molecule has 1 amide bonds. The van der Waals surface area contributed by atoms with Crippen molar-refractivity contribution in [1.82, 2.24) is 4.98 Å². The first-order valence-electron chi connectivity index (χ1n) is 8.49. The molecule has 2 aromatic rings. The molecule has 1 aliphatic rings. The Balaban J connectivity index is 1.53. The van der Waals surface area contributed by atoms with Crippen LogP contribution in [0.4, 0.5) is 10.5 Å². The maximum Gasteiger partial charge on any atom is 0.411 e. The summed E-state index contributed by atoms with van der Waals surface area (Å²) < 4.78 is 5.72. The van der Waals surface area contributed by atoms with Gasteiger partial charge in [-0.05, 0) is 61.2 Å². The van der Waals surface area contributed by atoms with Crippen LogP contribution < -0.4 is 5.32 Å². The van der Waals surface area contributed by atoms with E-state index in [-0.39, 0.29) is 12.2 Å². The fraction of sp³-hybridized carbons (Fsp3) is 0.368. The predicted octanol–water partition coefficient (Wildman–Crippen LogP) is 5.69. The van der Waals surface area contributed by atoms with Crippen molar-refractivity contribution >= 4 is 33.4 Å². The summed E-state index contributed by atoms with van der Waals surface area (Å²) in [5.74, 6) is 0. The van der Waals surface area contributed by atoms with Crippen molar-refractivity contribution in [2.75, 3.05) is 5.32 Å². The van der Waals surface area contributed by atoms with E-state index in [0.717, 1.165) is 35.5 Å².